The molecule has 0 aliphatic carbocycles. The number of nitrogens with zero attached hydrogens (tertiary/aromatic N) is 2. The number of pyridine rings is 1. The van der Waals surface area contributed by atoms with E-state index in [-0.39, 0.29) is 18.4 Å². The van der Waals surface area contributed by atoms with E-state index in [2.05, 4.69) is 42.5 Å². The maximum Gasteiger partial charge on any atom is 0.260 e. The van der Waals surface area contributed by atoms with Crippen LogP contribution in [-0.2, 0) is 11.2 Å². The van der Waals surface area contributed by atoms with E-state index in [1.54, 1.807) is 0 Å². The fraction of sp³-hybridized carbons (Fsp3) is 0.280. The summed E-state index contributed by atoms with van der Waals surface area (Å²) < 4.78 is 5.64. The average molecular weight is 386 g/mol. The number of hydrogen-bond donors (Lipinski definition) is 0. The Morgan fingerprint density at radius 1 is 0.966 bits per heavy atom. The van der Waals surface area contributed by atoms with Crippen molar-refractivity contribution < 1.29 is 9.53 Å². The summed E-state index contributed by atoms with van der Waals surface area (Å²) in [6.07, 6.45) is 2.88. The summed E-state index contributed by atoms with van der Waals surface area (Å²) in [4.78, 5) is 19.5. The zero-order valence-corrected chi connectivity index (χ0v) is 16.5. The van der Waals surface area contributed by atoms with E-state index >= 15 is 0 Å². The van der Waals surface area contributed by atoms with E-state index in [9.17, 15) is 4.79 Å². The Morgan fingerprint density at radius 3 is 2.52 bits per heavy atom. The van der Waals surface area contributed by atoms with Gasteiger partial charge in [0.25, 0.3) is 5.91 Å². The predicted molar refractivity (Wildman–Crippen MR) is 114 cm³/mol. The third-order valence-corrected chi connectivity index (χ3v) is 5.35. The second-order valence-corrected chi connectivity index (χ2v) is 7.50. The van der Waals surface area contributed by atoms with Crippen molar-refractivity contribution in [3.8, 4) is 5.75 Å². The van der Waals surface area contributed by atoms with Crippen LogP contribution in [0.25, 0.3) is 0 Å². The number of para-hydroxylation sites is 1. The fourth-order valence-electron chi connectivity index (χ4n) is 3.83. The van der Waals surface area contributed by atoms with Crippen molar-refractivity contribution in [2.45, 2.75) is 25.2 Å². The molecule has 1 fully saturated rings. The number of carbonyl (C=O) groups excluding carboxylic acids is 1. The van der Waals surface area contributed by atoms with Crippen molar-refractivity contribution in [1.29, 1.82) is 0 Å². The minimum Gasteiger partial charge on any atom is -0.484 e. The first-order valence-electron chi connectivity index (χ1n) is 10.2. The Kier molecular flexibility index (Phi) is 6.20. The quantitative estimate of drug-likeness (QED) is 0.628. The van der Waals surface area contributed by atoms with Gasteiger partial charge in [0.05, 0.1) is 0 Å². The lowest BCUT2D eigenvalue weighted by Crippen LogP contribution is -2.41. The molecule has 3 aromatic rings. The SMILES string of the molecule is O=C(COc1ccccc1)N1CCCC(c2cccc(Cc3ccccc3)n2)C1. The zero-order valence-electron chi connectivity index (χ0n) is 16.5. The molecule has 4 nitrogen and oxygen atoms in total. The third kappa shape index (κ3) is 5.23. The van der Waals surface area contributed by atoms with E-state index < -0.39 is 0 Å². The molecule has 2 heterocycles. The predicted octanol–water partition coefficient (Wildman–Crippen LogP) is 4.46. The molecule has 1 amide bonds. The van der Waals surface area contributed by atoms with Crippen LogP contribution in [0.3, 0.4) is 0 Å². The first-order valence-corrected chi connectivity index (χ1v) is 10.2. The van der Waals surface area contributed by atoms with Gasteiger partial charge in [0.15, 0.2) is 6.61 Å². The van der Waals surface area contributed by atoms with Crippen molar-refractivity contribution in [3.05, 3.63) is 95.8 Å². The van der Waals surface area contributed by atoms with Crippen LogP contribution >= 0.6 is 0 Å². The van der Waals surface area contributed by atoms with Crippen molar-refractivity contribution in [2.24, 2.45) is 0 Å². The number of benzene rings is 2. The minimum absolute atomic E-state index is 0.0407. The number of carbonyl (C=O) groups is 1. The Labute approximate surface area is 172 Å². The molecule has 1 aliphatic heterocycles. The van der Waals surface area contributed by atoms with E-state index in [1.165, 1.54) is 5.56 Å². The van der Waals surface area contributed by atoms with Crippen molar-refractivity contribution in [3.63, 3.8) is 0 Å². The lowest BCUT2D eigenvalue weighted by Gasteiger charge is -2.32. The molecule has 0 saturated carbocycles. The van der Waals surface area contributed by atoms with Gasteiger partial charge in [-0.3, -0.25) is 9.78 Å². The summed E-state index contributed by atoms with van der Waals surface area (Å²) >= 11 is 0. The van der Waals surface area contributed by atoms with Gasteiger partial charge in [-0.25, -0.2) is 0 Å². The molecule has 4 heteroatoms. The first-order chi connectivity index (χ1) is 14.3. The Morgan fingerprint density at radius 2 is 1.72 bits per heavy atom. The van der Waals surface area contributed by atoms with E-state index in [4.69, 9.17) is 9.72 Å². The van der Waals surface area contributed by atoms with Crippen LogP contribution in [0.5, 0.6) is 5.75 Å². The number of piperidine rings is 1. The van der Waals surface area contributed by atoms with Gasteiger partial charge in [-0.1, -0.05) is 54.6 Å². The number of rotatable bonds is 6. The number of ether oxygens (including phenoxy) is 1. The second-order valence-electron chi connectivity index (χ2n) is 7.50. The Bertz CT molecular complexity index is 928. The zero-order chi connectivity index (χ0) is 19.9. The molecule has 148 valence electrons. The monoisotopic (exact) mass is 386 g/mol. The highest BCUT2D eigenvalue weighted by Crippen LogP contribution is 2.26. The summed E-state index contributed by atoms with van der Waals surface area (Å²) in [5.74, 6) is 1.05. The fourth-order valence-corrected chi connectivity index (χ4v) is 3.83. The van der Waals surface area contributed by atoms with Crippen LogP contribution in [0.15, 0.2) is 78.9 Å². The Balaban J connectivity index is 1.38. The molecular formula is C25H26N2O2. The molecule has 0 radical (unpaired) electrons. The normalized spacial score (nSPS) is 16.4. The van der Waals surface area contributed by atoms with Crippen LogP contribution in [0, 0.1) is 0 Å². The van der Waals surface area contributed by atoms with Crippen molar-refractivity contribution in [1.82, 2.24) is 9.88 Å². The molecule has 1 atom stereocenters. The summed E-state index contributed by atoms with van der Waals surface area (Å²) in [7, 11) is 0. The third-order valence-electron chi connectivity index (χ3n) is 5.35. The topological polar surface area (TPSA) is 42.4 Å². The number of amides is 1. The number of aromatic nitrogens is 1. The van der Waals surface area contributed by atoms with Gasteiger partial charge in [0.1, 0.15) is 5.75 Å². The van der Waals surface area contributed by atoms with Crippen LogP contribution in [-0.4, -0.2) is 35.5 Å². The number of hydrogen-bond acceptors (Lipinski definition) is 3. The smallest absolute Gasteiger partial charge is 0.260 e. The molecule has 0 N–H and O–H groups in total. The molecule has 1 aromatic heterocycles. The van der Waals surface area contributed by atoms with Gasteiger partial charge < -0.3 is 9.64 Å². The van der Waals surface area contributed by atoms with Crippen LogP contribution in [0.2, 0.25) is 0 Å². The lowest BCUT2D eigenvalue weighted by atomic mass is 9.94. The maximum absolute atomic E-state index is 12.6. The highest BCUT2D eigenvalue weighted by atomic mass is 16.5. The van der Waals surface area contributed by atoms with Crippen LogP contribution in [0.1, 0.15) is 35.7 Å². The number of likely N-dealkylation sites (tertiary alicyclic amines) is 1. The largest absolute Gasteiger partial charge is 0.484 e. The van der Waals surface area contributed by atoms with Crippen molar-refractivity contribution in [2.75, 3.05) is 19.7 Å². The molecule has 4 rings (SSSR count). The molecule has 0 spiro atoms. The first kappa shape index (κ1) is 19.2. The van der Waals surface area contributed by atoms with Gasteiger partial charge in [-0.15, -0.1) is 0 Å². The summed E-state index contributed by atoms with van der Waals surface area (Å²) in [6, 6.07) is 26.1. The summed E-state index contributed by atoms with van der Waals surface area (Å²) in [5.41, 5.74) is 3.42. The van der Waals surface area contributed by atoms with Crippen molar-refractivity contribution >= 4 is 5.91 Å². The molecule has 2 aromatic carbocycles. The van der Waals surface area contributed by atoms with E-state index in [0.29, 0.717) is 6.54 Å². The Hall–Kier alpha value is -3.14. The highest BCUT2D eigenvalue weighted by Gasteiger charge is 2.26. The lowest BCUT2D eigenvalue weighted by molar-refractivity contribution is -0.134. The average Bonchev–Trinajstić information content (AvgIpc) is 2.79. The standard InChI is InChI=1S/C25H26N2O2/c28-25(19-29-23-13-5-2-6-14-23)27-16-8-11-21(18-27)24-15-7-12-22(26-24)17-20-9-3-1-4-10-20/h1-7,9-10,12-15,21H,8,11,16-19H2. The van der Waals surface area contributed by atoms with Gasteiger partial charge in [0, 0.05) is 36.8 Å². The molecule has 0 bridgehead atoms. The molecular weight excluding hydrogens is 360 g/mol. The van der Waals surface area contributed by atoms with Gasteiger partial charge in [-0.2, -0.15) is 0 Å². The van der Waals surface area contributed by atoms with Gasteiger partial charge in [0.2, 0.25) is 0 Å². The summed E-state index contributed by atoms with van der Waals surface area (Å²) in [5, 5.41) is 0. The summed E-state index contributed by atoms with van der Waals surface area (Å²) in [6.45, 7) is 1.58. The van der Waals surface area contributed by atoms with Gasteiger partial charge in [-0.05, 0) is 42.7 Å². The molecule has 1 saturated heterocycles. The van der Waals surface area contributed by atoms with Crippen LogP contribution < -0.4 is 4.74 Å². The maximum atomic E-state index is 12.6. The molecule has 1 unspecified atom stereocenters. The molecule has 29 heavy (non-hydrogen) atoms. The second kappa shape index (κ2) is 9.37. The highest BCUT2D eigenvalue weighted by molar-refractivity contribution is 5.78. The minimum atomic E-state index is 0.0407. The van der Waals surface area contributed by atoms with E-state index in [1.807, 2.05) is 41.3 Å². The van der Waals surface area contributed by atoms with E-state index in [0.717, 1.165) is 42.9 Å². The van der Waals surface area contributed by atoms with Gasteiger partial charge >= 0.3 is 0 Å². The molecule has 1 aliphatic rings. The van der Waals surface area contributed by atoms with Crippen LogP contribution in [0.4, 0.5) is 0 Å².